The van der Waals surface area contributed by atoms with Crippen molar-refractivity contribution in [3.05, 3.63) is 84.4 Å². The fourth-order valence-corrected chi connectivity index (χ4v) is 2.24. The molecule has 0 aliphatic heterocycles. The lowest BCUT2D eigenvalue weighted by molar-refractivity contribution is 0.631. The second kappa shape index (κ2) is 5.25. The smallest absolute Gasteiger partial charge is 0.131 e. The van der Waals surface area contributed by atoms with Crippen molar-refractivity contribution >= 4 is 0 Å². The van der Waals surface area contributed by atoms with Crippen LogP contribution in [0, 0.1) is 11.6 Å². The van der Waals surface area contributed by atoms with Gasteiger partial charge in [-0.25, -0.2) is 8.78 Å². The first kappa shape index (κ1) is 12.5. The molecule has 0 heterocycles. The molecule has 98 valence electrons. The molecule has 0 unspecified atom stereocenters. The Balaban J connectivity index is 2.12. The predicted octanol–water partition coefficient (Wildman–Crippen LogP) is 5.30. The maximum absolute atomic E-state index is 13.8. The van der Waals surface area contributed by atoms with Crippen LogP contribution in [0.15, 0.2) is 72.8 Å². The number of benzene rings is 3. The van der Waals surface area contributed by atoms with Crippen LogP contribution in [0.3, 0.4) is 0 Å². The van der Waals surface area contributed by atoms with Gasteiger partial charge in [-0.3, -0.25) is 0 Å². The minimum absolute atomic E-state index is 0.279. The summed E-state index contributed by atoms with van der Waals surface area (Å²) < 4.78 is 27.6. The van der Waals surface area contributed by atoms with Gasteiger partial charge in [0.1, 0.15) is 11.6 Å². The molecule has 0 amide bonds. The fraction of sp³-hybridized carbons (Fsp3) is 0. The molecule has 0 aliphatic rings. The Morgan fingerprint density at radius 3 is 1.40 bits per heavy atom. The summed E-state index contributed by atoms with van der Waals surface area (Å²) in [4.78, 5) is 0. The highest BCUT2D eigenvalue weighted by Gasteiger charge is 2.07. The summed E-state index contributed by atoms with van der Waals surface area (Å²) in [5.74, 6) is -0.559. The van der Waals surface area contributed by atoms with E-state index in [0.29, 0.717) is 11.1 Å². The molecule has 0 aromatic heterocycles. The van der Waals surface area contributed by atoms with E-state index in [1.807, 2.05) is 18.2 Å². The molecular formula is C18H12F2. The summed E-state index contributed by atoms with van der Waals surface area (Å²) in [6, 6.07) is 20.4. The van der Waals surface area contributed by atoms with Crippen molar-refractivity contribution in [3.8, 4) is 22.3 Å². The molecule has 0 radical (unpaired) electrons. The van der Waals surface area contributed by atoms with Gasteiger partial charge < -0.3 is 0 Å². The quantitative estimate of drug-likeness (QED) is 0.590. The van der Waals surface area contributed by atoms with E-state index in [0.717, 1.165) is 11.1 Å². The van der Waals surface area contributed by atoms with Crippen molar-refractivity contribution in [3.63, 3.8) is 0 Å². The maximum Gasteiger partial charge on any atom is 0.131 e. The monoisotopic (exact) mass is 266 g/mol. The van der Waals surface area contributed by atoms with E-state index in [2.05, 4.69) is 0 Å². The lowest BCUT2D eigenvalue weighted by atomic mass is 9.98. The standard InChI is InChI=1S/C18H12F2/c19-17-10-3-1-8-15(17)13-6-5-7-14(12-13)16-9-2-4-11-18(16)20/h1-12H. The van der Waals surface area contributed by atoms with Gasteiger partial charge in [0.15, 0.2) is 0 Å². The Bertz CT molecular complexity index is 687. The van der Waals surface area contributed by atoms with E-state index < -0.39 is 0 Å². The van der Waals surface area contributed by atoms with Crippen LogP contribution >= 0.6 is 0 Å². The SMILES string of the molecule is Fc1ccccc1-c1cccc(-c2ccccc2F)c1. The molecule has 2 heteroatoms. The minimum atomic E-state index is -0.279. The normalized spacial score (nSPS) is 10.5. The third-order valence-corrected chi connectivity index (χ3v) is 3.23. The van der Waals surface area contributed by atoms with E-state index in [1.54, 1.807) is 42.5 Å². The van der Waals surface area contributed by atoms with Gasteiger partial charge in [0.05, 0.1) is 0 Å². The van der Waals surface area contributed by atoms with Crippen LogP contribution in [0.1, 0.15) is 0 Å². The van der Waals surface area contributed by atoms with Gasteiger partial charge in [-0.15, -0.1) is 0 Å². The van der Waals surface area contributed by atoms with Gasteiger partial charge in [0, 0.05) is 11.1 Å². The van der Waals surface area contributed by atoms with Gasteiger partial charge in [-0.1, -0.05) is 54.6 Å². The summed E-state index contributed by atoms with van der Waals surface area (Å²) in [6.07, 6.45) is 0. The van der Waals surface area contributed by atoms with Crippen LogP contribution in [0.2, 0.25) is 0 Å². The zero-order chi connectivity index (χ0) is 13.9. The van der Waals surface area contributed by atoms with Gasteiger partial charge in [0.2, 0.25) is 0 Å². The number of halogens is 2. The summed E-state index contributed by atoms with van der Waals surface area (Å²) in [7, 11) is 0. The first-order valence-corrected chi connectivity index (χ1v) is 6.35. The zero-order valence-electron chi connectivity index (χ0n) is 10.7. The minimum Gasteiger partial charge on any atom is -0.206 e. The molecule has 0 saturated heterocycles. The van der Waals surface area contributed by atoms with E-state index >= 15 is 0 Å². The molecular weight excluding hydrogens is 254 g/mol. The lowest BCUT2D eigenvalue weighted by Gasteiger charge is -2.07. The Morgan fingerprint density at radius 1 is 0.500 bits per heavy atom. The van der Waals surface area contributed by atoms with E-state index in [4.69, 9.17) is 0 Å². The molecule has 3 aromatic carbocycles. The Hall–Kier alpha value is -2.48. The highest BCUT2D eigenvalue weighted by atomic mass is 19.1. The van der Waals surface area contributed by atoms with Crippen molar-refractivity contribution < 1.29 is 8.78 Å². The molecule has 0 spiro atoms. The van der Waals surface area contributed by atoms with Crippen molar-refractivity contribution in [1.29, 1.82) is 0 Å². The lowest BCUT2D eigenvalue weighted by Crippen LogP contribution is -1.87. The number of hydrogen-bond acceptors (Lipinski definition) is 0. The Morgan fingerprint density at radius 2 is 0.950 bits per heavy atom. The first-order chi connectivity index (χ1) is 9.75. The maximum atomic E-state index is 13.8. The third-order valence-electron chi connectivity index (χ3n) is 3.23. The number of rotatable bonds is 2. The molecule has 0 N–H and O–H groups in total. The van der Waals surface area contributed by atoms with Gasteiger partial charge >= 0.3 is 0 Å². The van der Waals surface area contributed by atoms with E-state index in [1.165, 1.54) is 12.1 Å². The van der Waals surface area contributed by atoms with Crippen LogP contribution in [0.5, 0.6) is 0 Å². The third kappa shape index (κ3) is 2.32. The second-order valence-corrected chi connectivity index (χ2v) is 4.54. The van der Waals surface area contributed by atoms with Crippen molar-refractivity contribution in [2.45, 2.75) is 0 Å². The van der Waals surface area contributed by atoms with E-state index in [-0.39, 0.29) is 11.6 Å². The van der Waals surface area contributed by atoms with Crippen molar-refractivity contribution in [2.24, 2.45) is 0 Å². The highest BCUT2D eigenvalue weighted by molar-refractivity contribution is 5.73. The topological polar surface area (TPSA) is 0 Å². The van der Waals surface area contributed by atoms with Crippen LogP contribution in [0.25, 0.3) is 22.3 Å². The van der Waals surface area contributed by atoms with Gasteiger partial charge in [-0.2, -0.15) is 0 Å². The van der Waals surface area contributed by atoms with Crippen LogP contribution < -0.4 is 0 Å². The molecule has 20 heavy (non-hydrogen) atoms. The molecule has 0 fully saturated rings. The Kier molecular flexibility index (Phi) is 3.30. The average Bonchev–Trinajstić information content (AvgIpc) is 2.48. The summed E-state index contributed by atoms with van der Waals surface area (Å²) in [5.41, 5.74) is 2.52. The summed E-state index contributed by atoms with van der Waals surface area (Å²) >= 11 is 0. The largest absolute Gasteiger partial charge is 0.206 e. The van der Waals surface area contributed by atoms with E-state index in [9.17, 15) is 8.78 Å². The molecule has 3 rings (SSSR count). The number of hydrogen-bond donors (Lipinski definition) is 0. The fourth-order valence-electron chi connectivity index (χ4n) is 2.24. The zero-order valence-corrected chi connectivity index (χ0v) is 10.7. The van der Waals surface area contributed by atoms with Crippen LogP contribution in [-0.2, 0) is 0 Å². The van der Waals surface area contributed by atoms with Gasteiger partial charge in [-0.05, 0) is 29.3 Å². The first-order valence-electron chi connectivity index (χ1n) is 6.35. The second-order valence-electron chi connectivity index (χ2n) is 4.54. The average molecular weight is 266 g/mol. The Labute approximate surface area is 116 Å². The molecule has 3 aromatic rings. The van der Waals surface area contributed by atoms with Gasteiger partial charge in [0.25, 0.3) is 0 Å². The van der Waals surface area contributed by atoms with Crippen LogP contribution in [0.4, 0.5) is 8.78 Å². The van der Waals surface area contributed by atoms with Crippen LogP contribution in [-0.4, -0.2) is 0 Å². The molecule has 0 bridgehead atoms. The molecule has 0 saturated carbocycles. The predicted molar refractivity (Wildman–Crippen MR) is 77.2 cm³/mol. The van der Waals surface area contributed by atoms with Crippen molar-refractivity contribution in [1.82, 2.24) is 0 Å². The summed E-state index contributed by atoms with van der Waals surface area (Å²) in [6.45, 7) is 0. The van der Waals surface area contributed by atoms with Crippen molar-refractivity contribution in [2.75, 3.05) is 0 Å². The molecule has 0 aliphatic carbocycles. The highest BCUT2D eigenvalue weighted by Crippen LogP contribution is 2.29. The molecule has 0 atom stereocenters. The molecule has 0 nitrogen and oxygen atoms in total. The summed E-state index contributed by atoms with van der Waals surface area (Å²) in [5, 5.41) is 0.